The van der Waals surface area contributed by atoms with Gasteiger partial charge >= 0.3 is 0 Å². The maximum absolute atomic E-state index is 6.49. The monoisotopic (exact) mass is 609 g/mol. The Morgan fingerprint density at radius 1 is 0.354 bits per heavy atom. The van der Waals surface area contributed by atoms with Crippen LogP contribution in [-0.2, 0) is 0 Å². The number of aromatic nitrogens is 1. The van der Waals surface area contributed by atoms with Gasteiger partial charge in [-0.25, -0.2) is 0 Å². The van der Waals surface area contributed by atoms with Crippen molar-refractivity contribution in [3.05, 3.63) is 164 Å². The van der Waals surface area contributed by atoms with Crippen LogP contribution in [0.5, 0.6) is 0 Å². The number of hydrogen-bond donors (Lipinski definition) is 0. The predicted molar refractivity (Wildman–Crippen MR) is 203 cm³/mol. The Balaban J connectivity index is 1.10. The lowest BCUT2D eigenvalue weighted by Gasteiger charge is -2.17. The van der Waals surface area contributed by atoms with E-state index < -0.39 is 0 Å². The van der Waals surface area contributed by atoms with E-state index >= 15 is 0 Å². The van der Waals surface area contributed by atoms with Gasteiger partial charge in [-0.05, 0) is 79.3 Å². The largest absolute Gasteiger partial charge is 0.455 e. The average molecular weight is 610 g/mol. The van der Waals surface area contributed by atoms with Crippen LogP contribution in [0.3, 0.4) is 0 Å². The molecular weight excluding hydrogens is 583 g/mol. The SMILES string of the molecule is c1ccc2c(c1)oc1c(-c3ccc4ccc5c(-c6ccc(-n7c8ccccc8c8ccccc87)cc6)ccc6ccc3c4c65)cccc12. The Bertz CT molecular complexity index is 3000. The summed E-state index contributed by atoms with van der Waals surface area (Å²) in [6, 6.07) is 59.5. The molecule has 0 aliphatic carbocycles. The van der Waals surface area contributed by atoms with Gasteiger partial charge in [-0.2, -0.15) is 0 Å². The second-order valence-electron chi connectivity index (χ2n) is 12.8. The van der Waals surface area contributed by atoms with Crippen molar-refractivity contribution >= 4 is 76.1 Å². The third-order valence-corrected chi connectivity index (χ3v) is 10.4. The molecule has 0 amide bonds. The predicted octanol–water partition coefficient (Wildman–Crippen LogP) is 12.9. The molecule has 0 unspecified atom stereocenters. The van der Waals surface area contributed by atoms with Crippen LogP contribution in [0.15, 0.2) is 168 Å². The third-order valence-electron chi connectivity index (χ3n) is 10.4. The zero-order chi connectivity index (χ0) is 31.3. The van der Waals surface area contributed by atoms with Crippen LogP contribution in [0.25, 0.3) is 104 Å². The Kier molecular flexibility index (Phi) is 5.14. The summed E-state index contributed by atoms with van der Waals surface area (Å²) in [5.41, 5.74) is 10.3. The number of hydrogen-bond acceptors (Lipinski definition) is 1. The van der Waals surface area contributed by atoms with Crippen LogP contribution in [0.1, 0.15) is 0 Å². The molecule has 11 rings (SSSR count). The van der Waals surface area contributed by atoms with Gasteiger partial charge in [-0.15, -0.1) is 0 Å². The van der Waals surface area contributed by atoms with Crippen LogP contribution in [0.2, 0.25) is 0 Å². The first-order valence-electron chi connectivity index (χ1n) is 16.5. The van der Waals surface area contributed by atoms with Gasteiger partial charge < -0.3 is 8.98 Å². The average Bonchev–Trinajstić information content (AvgIpc) is 3.70. The van der Waals surface area contributed by atoms with E-state index in [0.717, 1.165) is 27.5 Å². The van der Waals surface area contributed by atoms with Crippen LogP contribution >= 0.6 is 0 Å². The van der Waals surface area contributed by atoms with Crippen LogP contribution in [-0.4, -0.2) is 4.57 Å². The van der Waals surface area contributed by atoms with Crippen molar-refractivity contribution < 1.29 is 4.42 Å². The molecule has 2 heteroatoms. The quantitative estimate of drug-likeness (QED) is 0.182. The van der Waals surface area contributed by atoms with Crippen LogP contribution in [0, 0.1) is 0 Å². The van der Waals surface area contributed by atoms with Crippen molar-refractivity contribution in [3.63, 3.8) is 0 Å². The second kappa shape index (κ2) is 9.57. The molecule has 0 saturated carbocycles. The fourth-order valence-corrected chi connectivity index (χ4v) is 8.24. The fraction of sp³-hybridized carbons (Fsp3) is 0. The van der Waals surface area contributed by atoms with E-state index in [1.54, 1.807) is 0 Å². The Hall–Kier alpha value is -6.38. The minimum Gasteiger partial charge on any atom is -0.455 e. The molecule has 2 aromatic heterocycles. The van der Waals surface area contributed by atoms with Crippen molar-refractivity contribution in [2.45, 2.75) is 0 Å². The van der Waals surface area contributed by atoms with Crippen molar-refractivity contribution in [1.29, 1.82) is 0 Å². The second-order valence-corrected chi connectivity index (χ2v) is 12.8. The molecule has 222 valence electrons. The van der Waals surface area contributed by atoms with Gasteiger partial charge in [0.1, 0.15) is 11.2 Å². The maximum atomic E-state index is 6.49. The lowest BCUT2D eigenvalue weighted by Crippen LogP contribution is -1.94. The standard InChI is InChI=1S/C46H27NO/c1-4-13-41-34(8-1)35-9-2-5-14-42(35)47(41)31-22-16-28(17-23-31)32-24-18-29-21-27-38-33(25-19-30-20-26-37(32)44(29)45(30)38)39-11-7-12-40-36-10-3-6-15-43(36)48-46(39)40/h1-27H. The molecule has 0 N–H and O–H groups in total. The maximum Gasteiger partial charge on any atom is 0.143 e. The highest BCUT2D eigenvalue weighted by molar-refractivity contribution is 6.28. The number of benzene rings is 9. The molecule has 48 heavy (non-hydrogen) atoms. The molecule has 0 bridgehead atoms. The summed E-state index contributed by atoms with van der Waals surface area (Å²) in [5.74, 6) is 0. The molecule has 0 aliphatic rings. The first kappa shape index (κ1) is 25.8. The third kappa shape index (κ3) is 3.46. The summed E-state index contributed by atoms with van der Waals surface area (Å²) >= 11 is 0. The number of furan rings is 1. The highest BCUT2D eigenvalue weighted by Crippen LogP contribution is 2.44. The fourth-order valence-electron chi connectivity index (χ4n) is 8.24. The summed E-state index contributed by atoms with van der Waals surface area (Å²) in [4.78, 5) is 0. The van der Waals surface area contributed by atoms with Gasteiger partial charge in [0.05, 0.1) is 11.0 Å². The number of para-hydroxylation sites is 4. The first-order valence-corrected chi connectivity index (χ1v) is 16.5. The summed E-state index contributed by atoms with van der Waals surface area (Å²) < 4.78 is 8.86. The van der Waals surface area contributed by atoms with E-state index in [1.807, 2.05) is 6.07 Å². The zero-order valence-corrected chi connectivity index (χ0v) is 25.9. The Labute approximate surface area is 276 Å². The molecule has 0 fully saturated rings. The lowest BCUT2D eigenvalue weighted by molar-refractivity contribution is 0.670. The molecule has 0 aliphatic heterocycles. The molecule has 11 aromatic rings. The summed E-state index contributed by atoms with van der Waals surface area (Å²) in [5, 5.41) is 12.5. The number of rotatable bonds is 3. The van der Waals surface area contributed by atoms with Crippen molar-refractivity contribution in [2.75, 3.05) is 0 Å². The molecule has 0 atom stereocenters. The van der Waals surface area contributed by atoms with E-state index in [9.17, 15) is 0 Å². The highest BCUT2D eigenvalue weighted by Gasteiger charge is 2.18. The van der Waals surface area contributed by atoms with E-state index in [-0.39, 0.29) is 0 Å². The van der Waals surface area contributed by atoms with Gasteiger partial charge in [-0.3, -0.25) is 0 Å². The van der Waals surface area contributed by atoms with Crippen molar-refractivity contribution in [3.8, 4) is 27.9 Å². The number of nitrogens with zero attached hydrogens (tertiary/aromatic N) is 1. The minimum atomic E-state index is 0.923. The van der Waals surface area contributed by atoms with E-state index in [2.05, 4.69) is 162 Å². The Morgan fingerprint density at radius 2 is 0.917 bits per heavy atom. The van der Waals surface area contributed by atoms with Crippen molar-refractivity contribution in [2.24, 2.45) is 0 Å². The van der Waals surface area contributed by atoms with Gasteiger partial charge in [-0.1, -0.05) is 133 Å². The van der Waals surface area contributed by atoms with Gasteiger partial charge in [0.25, 0.3) is 0 Å². The normalized spacial score (nSPS) is 12.2. The lowest BCUT2D eigenvalue weighted by atomic mass is 9.87. The summed E-state index contributed by atoms with van der Waals surface area (Å²) in [6.07, 6.45) is 0. The Morgan fingerprint density at radius 3 is 1.62 bits per heavy atom. The summed E-state index contributed by atoms with van der Waals surface area (Å²) in [6.45, 7) is 0. The number of fused-ring (bicyclic) bond motifs is 6. The van der Waals surface area contributed by atoms with E-state index in [1.165, 1.54) is 76.5 Å². The summed E-state index contributed by atoms with van der Waals surface area (Å²) in [7, 11) is 0. The van der Waals surface area contributed by atoms with E-state index in [4.69, 9.17) is 4.42 Å². The first-order chi connectivity index (χ1) is 23.8. The molecule has 0 saturated heterocycles. The molecule has 9 aromatic carbocycles. The van der Waals surface area contributed by atoms with Gasteiger partial charge in [0, 0.05) is 32.8 Å². The smallest absolute Gasteiger partial charge is 0.143 e. The topological polar surface area (TPSA) is 18.1 Å². The highest BCUT2D eigenvalue weighted by atomic mass is 16.3. The molecule has 2 nitrogen and oxygen atoms in total. The van der Waals surface area contributed by atoms with E-state index in [0.29, 0.717) is 0 Å². The van der Waals surface area contributed by atoms with Gasteiger partial charge in [0.2, 0.25) is 0 Å². The van der Waals surface area contributed by atoms with Crippen molar-refractivity contribution in [1.82, 2.24) is 4.57 Å². The minimum absolute atomic E-state index is 0.923. The zero-order valence-electron chi connectivity index (χ0n) is 25.9. The molecule has 0 spiro atoms. The van der Waals surface area contributed by atoms with Crippen LogP contribution in [0.4, 0.5) is 0 Å². The molecule has 0 radical (unpaired) electrons. The van der Waals surface area contributed by atoms with Gasteiger partial charge in [0.15, 0.2) is 0 Å². The molecule has 2 heterocycles. The van der Waals surface area contributed by atoms with Crippen LogP contribution < -0.4 is 0 Å². The molecular formula is C46H27NO.